The lowest BCUT2D eigenvalue weighted by molar-refractivity contribution is 0.0462. The normalized spacial score (nSPS) is 12.4. The number of hydrogen-bond donors (Lipinski definition) is 1. The Morgan fingerprint density at radius 2 is 1.95 bits per heavy atom. The van der Waals surface area contributed by atoms with Crippen LogP contribution in [0.2, 0.25) is 0 Å². The standard InChI is InChI=1S/C16H25NO2/c1-4-15(17-11-10-13(2)3)12-19-16(18)14-8-6-5-7-9-14/h5-9,13,15,17H,4,10-12H2,1-3H3. The minimum Gasteiger partial charge on any atom is -0.460 e. The molecule has 0 saturated carbocycles. The first-order chi connectivity index (χ1) is 9.13. The van der Waals surface area contributed by atoms with E-state index in [-0.39, 0.29) is 12.0 Å². The van der Waals surface area contributed by atoms with E-state index in [0.717, 1.165) is 19.4 Å². The molecule has 1 atom stereocenters. The smallest absolute Gasteiger partial charge is 0.338 e. The van der Waals surface area contributed by atoms with Gasteiger partial charge in [-0.1, -0.05) is 39.0 Å². The van der Waals surface area contributed by atoms with Gasteiger partial charge < -0.3 is 10.1 Å². The van der Waals surface area contributed by atoms with E-state index < -0.39 is 0 Å². The molecular formula is C16H25NO2. The molecule has 0 saturated heterocycles. The van der Waals surface area contributed by atoms with Crippen LogP contribution in [0.25, 0.3) is 0 Å². The summed E-state index contributed by atoms with van der Waals surface area (Å²) >= 11 is 0. The van der Waals surface area contributed by atoms with E-state index in [1.54, 1.807) is 12.1 Å². The second kappa shape index (κ2) is 8.70. The molecule has 1 N–H and O–H groups in total. The zero-order valence-corrected chi connectivity index (χ0v) is 12.2. The minimum absolute atomic E-state index is 0.242. The predicted octanol–water partition coefficient (Wildman–Crippen LogP) is 3.26. The highest BCUT2D eigenvalue weighted by atomic mass is 16.5. The molecule has 0 aromatic heterocycles. The third kappa shape index (κ3) is 6.39. The Balaban J connectivity index is 2.31. The fourth-order valence-corrected chi connectivity index (χ4v) is 1.73. The molecule has 0 fully saturated rings. The Labute approximate surface area is 116 Å². The van der Waals surface area contributed by atoms with Crippen LogP contribution < -0.4 is 5.32 Å². The van der Waals surface area contributed by atoms with Crippen molar-refractivity contribution in [2.24, 2.45) is 5.92 Å². The van der Waals surface area contributed by atoms with Crippen LogP contribution in [0.4, 0.5) is 0 Å². The van der Waals surface area contributed by atoms with E-state index in [4.69, 9.17) is 4.74 Å². The topological polar surface area (TPSA) is 38.3 Å². The van der Waals surface area contributed by atoms with Crippen LogP contribution in [0.1, 0.15) is 44.0 Å². The zero-order chi connectivity index (χ0) is 14.1. The van der Waals surface area contributed by atoms with Gasteiger partial charge in [-0.15, -0.1) is 0 Å². The van der Waals surface area contributed by atoms with E-state index in [1.165, 1.54) is 0 Å². The predicted molar refractivity (Wildman–Crippen MR) is 78.3 cm³/mol. The van der Waals surface area contributed by atoms with Crippen LogP contribution in [0.15, 0.2) is 30.3 Å². The summed E-state index contributed by atoms with van der Waals surface area (Å²) in [6.07, 6.45) is 2.10. The Bertz CT molecular complexity index is 362. The third-order valence-electron chi connectivity index (χ3n) is 3.07. The number of nitrogens with one attached hydrogen (secondary N) is 1. The van der Waals surface area contributed by atoms with E-state index in [2.05, 4.69) is 26.1 Å². The summed E-state index contributed by atoms with van der Waals surface area (Å²) in [5, 5.41) is 3.43. The van der Waals surface area contributed by atoms with Crippen molar-refractivity contribution in [1.29, 1.82) is 0 Å². The zero-order valence-electron chi connectivity index (χ0n) is 12.2. The molecule has 106 valence electrons. The second-order valence-corrected chi connectivity index (χ2v) is 5.21. The molecule has 1 aromatic carbocycles. The van der Waals surface area contributed by atoms with Crippen molar-refractivity contribution in [1.82, 2.24) is 5.32 Å². The van der Waals surface area contributed by atoms with Crippen LogP contribution in [0, 0.1) is 5.92 Å². The molecule has 1 aromatic rings. The van der Waals surface area contributed by atoms with Crippen LogP contribution >= 0.6 is 0 Å². The number of ether oxygens (including phenoxy) is 1. The minimum atomic E-state index is -0.246. The maximum absolute atomic E-state index is 11.8. The molecule has 0 aliphatic heterocycles. The molecular weight excluding hydrogens is 238 g/mol. The van der Waals surface area contributed by atoms with Crippen LogP contribution in [0.5, 0.6) is 0 Å². The number of carbonyl (C=O) groups excluding carboxylic acids is 1. The van der Waals surface area contributed by atoms with Gasteiger partial charge in [-0.05, 0) is 37.4 Å². The maximum atomic E-state index is 11.8. The largest absolute Gasteiger partial charge is 0.460 e. The highest BCUT2D eigenvalue weighted by molar-refractivity contribution is 5.89. The average Bonchev–Trinajstić information content (AvgIpc) is 2.42. The first-order valence-corrected chi connectivity index (χ1v) is 7.09. The fraction of sp³-hybridized carbons (Fsp3) is 0.562. The van der Waals surface area contributed by atoms with E-state index >= 15 is 0 Å². The molecule has 0 bridgehead atoms. The van der Waals surface area contributed by atoms with Crippen molar-refractivity contribution < 1.29 is 9.53 Å². The fourth-order valence-electron chi connectivity index (χ4n) is 1.73. The van der Waals surface area contributed by atoms with Crippen molar-refractivity contribution in [2.45, 2.75) is 39.7 Å². The molecule has 3 heteroatoms. The number of benzene rings is 1. The Morgan fingerprint density at radius 1 is 1.26 bits per heavy atom. The highest BCUT2D eigenvalue weighted by Crippen LogP contribution is 2.03. The summed E-state index contributed by atoms with van der Waals surface area (Å²) in [5.74, 6) is 0.446. The molecule has 19 heavy (non-hydrogen) atoms. The first-order valence-electron chi connectivity index (χ1n) is 7.09. The number of carbonyl (C=O) groups is 1. The molecule has 0 heterocycles. The SMILES string of the molecule is CCC(COC(=O)c1ccccc1)NCCC(C)C. The lowest BCUT2D eigenvalue weighted by atomic mass is 10.1. The summed E-state index contributed by atoms with van der Waals surface area (Å²) in [6, 6.07) is 9.36. The molecule has 0 spiro atoms. The van der Waals surface area contributed by atoms with Crippen molar-refractivity contribution in [3.05, 3.63) is 35.9 Å². The Morgan fingerprint density at radius 3 is 2.53 bits per heavy atom. The van der Waals surface area contributed by atoms with Gasteiger partial charge in [0.25, 0.3) is 0 Å². The summed E-state index contributed by atoms with van der Waals surface area (Å²) in [7, 11) is 0. The van der Waals surface area contributed by atoms with E-state index in [9.17, 15) is 4.79 Å². The number of rotatable bonds is 8. The summed E-state index contributed by atoms with van der Waals surface area (Å²) in [5.41, 5.74) is 0.611. The van der Waals surface area contributed by atoms with Crippen LogP contribution in [-0.4, -0.2) is 25.2 Å². The number of hydrogen-bond acceptors (Lipinski definition) is 3. The van der Waals surface area contributed by atoms with Gasteiger partial charge in [0.1, 0.15) is 6.61 Å². The first kappa shape index (κ1) is 15.7. The average molecular weight is 263 g/mol. The Hall–Kier alpha value is -1.35. The van der Waals surface area contributed by atoms with E-state index in [0.29, 0.717) is 18.1 Å². The van der Waals surface area contributed by atoms with Crippen molar-refractivity contribution in [3.63, 3.8) is 0 Å². The molecule has 0 amide bonds. The molecule has 0 aliphatic rings. The van der Waals surface area contributed by atoms with Crippen LogP contribution in [-0.2, 0) is 4.74 Å². The van der Waals surface area contributed by atoms with Gasteiger partial charge in [0.15, 0.2) is 0 Å². The van der Waals surface area contributed by atoms with Gasteiger partial charge in [-0.3, -0.25) is 0 Å². The van der Waals surface area contributed by atoms with Gasteiger partial charge in [-0.25, -0.2) is 4.79 Å². The lowest BCUT2D eigenvalue weighted by Gasteiger charge is -2.17. The molecule has 0 radical (unpaired) electrons. The van der Waals surface area contributed by atoms with Crippen LogP contribution in [0.3, 0.4) is 0 Å². The maximum Gasteiger partial charge on any atom is 0.338 e. The summed E-state index contributed by atoms with van der Waals surface area (Å²) in [6.45, 7) is 7.92. The van der Waals surface area contributed by atoms with E-state index in [1.807, 2.05) is 18.2 Å². The molecule has 0 aliphatic carbocycles. The monoisotopic (exact) mass is 263 g/mol. The highest BCUT2D eigenvalue weighted by Gasteiger charge is 2.11. The molecule has 3 nitrogen and oxygen atoms in total. The summed E-state index contributed by atoms with van der Waals surface area (Å²) in [4.78, 5) is 11.8. The van der Waals surface area contributed by atoms with Crippen molar-refractivity contribution in [3.8, 4) is 0 Å². The third-order valence-corrected chi connectivity index (χ3v) is 3.07. The van der Waals surface area contributed by atoms with Gasteiger partial charge in [0.05, 0.1) is 5.56 Å². The Kier molecular flexibility index (Phi) is 7.19. The second-order valence-electron chi connectivity index (χ2n) is 5.21. The van der Waals surface area contributed by atoms with Gasteiger partial charge >= 0.3 is 5.97 Å². The molecule has 1 rings (SSSR count). The van der Waals surface area contributed by atoms with Crippen molar-refractivity contribution in [2.75, 3.05) is 13.2 Å². The quantitative estimate of drug-likeness (QED) is 0.732. The van der Waals surface area contributed by atoms with Gasteiger partial charge in [0.2, 0.25) is 0 Å². The molecule has 1 unspecified atom stereocenters. The lowest BCUT2D eigenvalue weighted by Crippen LogP contribution is -2.34. The summed E-state index contributed by atoms with van der Waals surface area (Å²) < 4.78 is 5.34. The van der Waals surface area contributed by atoms with Crippen molar-refractivity contribution >= 4 is 5.97 Å². The number of esters is 1. The van der Waals surface area contributed by atoms with Gasteiger partial charge in [0, 0.05) is 6.04 Å². The van der Waals surface area contributed by atoms with Gasteiger partial charge in [-0.2, -0.15) is 0 Å².